The van der Waals surface area contributed by atoms with Crippen LogP contribution in [0.2, 0.25) is 0 Å². The molecule has 0 saturated carbocycles. The predicted molar refractivity (Wildman–Crippen MR) is 82.1 cm³/mol. The molecule has 5 nitrogen and oxygen atoms in total. The number of nitrogens with zero attached hydrogens (tertiary/aromatic N) is 2. The Morgan fingerprint density at radius 2 is 1.86 bits per heavy atom. The molecule has 0 spiro atoms. The highest BCUT2D eigenvalue weighted by Crippen LogP contribution is 2.06. The van der Waals surface area contributed by atoms with Crippen molar-refractivity contribution in [1.82, 2.24) is 15.1 Å². The first-order chi connectivity index (χ1) is 10.2. The van der Waals surface area contributed by atoms with E-state index in [1.54, 1.807) is 36.2 Å². The Morgan fingerprint density at radius 1 is 1.19 bits per heavy atom. The molecule has 0 atom stereocenters. The van der Waals surface area contributed by atoms with Crippen molar-refractivity contribution in [3.05, 3.63) is 35.9 Å². The van der Waals surface area contributed by atoms with Crippen molar-refractivity contribution in [2.75, 3.05) is 39.8 Å². The molecule has 2 rings (SSSR count). The van der Waals surface area contributed by atoms with Gasteiger partial charge in [0.15, 0.2) is 0 Å². The number of carbonyl (C=O) groups is 2. The summed E-state index contributed by atoms with van der Waals surface area (Å²) in [5.41, 5.74) is 0.574. The Bertz CT molecular complexity index is 470. The summed E-state index contributed by atoms with van der Waals surface area (Å²) in [5.74, 6) is -0.268. The van der Waals surface area contributed by atoms with E-state index in [1.807, 2.05) is 6.07 Å². The molecule has 114 valence electrons. The summed E-state index contributed by atoms with van der Waals surface area (Å²) in [7, 11) is 1.78. The standard InChI is InChI=1S/C16H23N3O2/c1-18(11-12-19-9-5-6-10-19)15(20)13-17-16(21)14-7-3-2-4-8-14/h2-4,7-8H,5-6,9-13H2,1H3,(H,17,21). The number of likely N-dealkylation sites (N-methyl/N-ethyl adjacent to an activating group) is 1. The number of nitrogens with one attached hydrogen (secondary N) is 1. The van der Waals surface area contributed by atoms with Crippen LogP contribution >= 0.6 is 0 Å². The zero-order chi connectivity index (χ0) is 15.1. The highest BCUT2D eigenvalue weighted by molar-refractivity contribution is 5.96. The lowest BCUT2D eigenvalue weighted by Crippen LogP contribution is -2.41. The second-order valence-electron chi connectivity index (χ2n) is 5.41. The number of hydrogen-bond acceptors (Lipinski definition) is 3. The summed E-state index contributed by atoms with van der Waals surface area (Å²) in [5, 5.41) is 2.66. The third-order valence-electron chi connectivity index (χ3n) is 3.81. The van der Waals surface area contributed by atoms with Crippen LogP contribution in [-0.2, 0) is 4.79 Å². The molecule has 1 fully saturated rings. The first-order valence-electron chi connectivity index (χ1n) is 7.46. The van der Waals surface area contributed by atoms with E-state index >= 15 is 0 Å². The molecular formula is C16H23N3O2. The monoisotopic (exact) mass is 289 g/mol. The van der Waals surface area contributed by atoms with Gasteiger partial charge in [0.2, 0.25) is 5.91 Å². The number of rotatable bonds is 6. The minimum absolute atomic E-state index is 0.0459. The quantitative estimate of drug-likeness (QED) is 0.849. The third-order valence-corrected chi connectivity index (χ3v) is 3.81. The third kappa shape index (κ3) is 4.86. The molecule has 1 aliphatic heterocycles. The van der Waals surface area contributed by atoms with Gasteiger partial charge in [-0.05, 0) is 38.1 Å². The van der Waals surface area contributed by atoms with E-state index in [4.69, 9.17) is 0 Å². The summed E-state index contributed by atoms with van der Waals surface area (Å²) in [4.78, 5) is 27.9. The Labute approximate surface area is 125 Å². The van der Waals surface area contributed by atoms with Gasteiger partial charge in [0.05, 0.1) is 6.54 Å². The van der Waals surface area contributed by atoms with Crippen LogP contribution in [0.25, 0.3) is 0 Å². The van der Waals surface area contributed by atoms with Gasteiger partial charge < -0.3 is 15.1 Å². The molecule has 1 aromatic rings. The van der Waals surface area contributed by atoms with Gasteiger partial charge in [-0.3, -0.25) is 9.59 Å². The molecule has 1 aromatic carbocycles. The predicted octanol–water partition coefficient (Wildman–Crippen LogP) is 0.971. The molecule has 1 saturated heterocycles. The maximum atomic E-state index is 12.0. The number of carbonyl (C=O) groups excluding carboxylic acids is 2. The Kier molecular flexibility index (Phi) is 5.75. The molecule has 0 unspecified atom stereocenters. The lowest BCUT2D eigenvalue weighted by Gasteiger charge is -2.21. The van der Waals surface area contributed by atoms with Gasteiger partial charge in [0.25, 0.3) is 5.91 Å². The second kappa shape index (κ2) is 7.78. The largest absolute Gasteiger partial charge is 0.343 e. The van der Waals surface area contributed by atoms with Crippen molar-refractivity contribution in [2.24, 2.45) is 0 Å². The first kappa shape index (κ1) is 15.5. The van der Waals surface area contributed by atoms with Crippen LogP contribution in [0.3, 0.4) is 0 Å². The van der Waals surface area contributed by atoms with Crippen LogP contribution in [0.15, 0.2) is 30.3 Å². The number of amides is 2. The SMILES string of the molecule is CN(CCN1CCCC1)C(=O)CNC(=O)c1ccccc1. The van der Waals surface area contributed by atoms with Crippen molar-refractivity contribution < 1.29 is 9.59 Å². The lowest BCUT2D eigenvalue weighted by atomic mass is 10.2. The van der Waals surface area contributed by atoms with E-state index in [0.29, 0.717) is 12.1 Å². The Morgan fingerprint density at radius 3 is 2.52 bits per heavy atom. The van der Waals surface area contributed by atoms with E-state index in [-0.39, 0.29) is 18.4 Å². The van der Waals surface area contributed by atoms with Gasteiger partial charge in [0.1, 0.15) is 0 Å². The molecule has 5 heteroatoms. The molecule has 2 amide bonds. The van der Waals surface area contributed by atoms with E-state index in [9.17, 15) is 9.59 Å². The molecular weight excluding hydrogens is 266 g/mol. The summed E-state index contributed by atoms with van der Waals surface area (Å²) in [6.45, 7) is 3.93. The number of likely N-dealkylation sites (tertiary alicyclic amines) is 1. The van der Waals surface area contributed by atoms with Gasteiger partial charge >= 0.3 is 0 Å². The van der Waals surface area contributed by atoms with Crippen molar-refractivity contribution in [3.63, 3.8) is 0 Å². The molecule has 1 heterocycles. The normalized spacial score (nSPS) is 14.9. The van der Waals surface area contributed by atoms with Crippen molar-refractivity contribution in [1.29, 1.82) is 0 Å². The topological polar surface area (TPSA) is 52.6 Å². The van der Waals surface area contributed by atoms with Crippen LogP contribution in [0.5, 0.6) is 0 Å². The highest BCUT2D eigenvalue weighted by atomic mass is 16.2. The van der Waals surface area contributed by atoms with Crippen molar-refractivity contribution in [2.45, 2.75) is 12.8 Å². The minimum atomic E-state index is -0.211. The molecule has 1 N–H and O–H groups in total. The summed E-state index contributed by atoms with van der Waals surface area (Å²) in [6.07, 6.45) is 2.51. The molecule has 0 aliphatic carbocycles. The van der Waals surface area contributed by atoms with Gasteiger partial charge in [-0.2, -0.15) is 0 Å². The summed E-state index contributed by atoms with van der Waals surface area (Å²) < 4.78 is 0. The summed E-state index contributed by atoms with van der Waals surface area (Å²) in [6, 6.07) is 8.93. The fourth-order valence-electron chi connectivity index (χ4n) is 2.40. The maximum Gasteiger partial charge on any atom is 0.251 e. The van der Waals surface area contributed by atoms with Crippen molar-refractivity contribution >= 4 is 11.8 Å². The van der Waals surface area contributed by atoms with E-state index in [2.05, 4.69) is 10.2 Å². The minimum Gasteiger partial charge on any atom is -0.343 e. The number of benzene rings is 1. The fraction of sp³-hybridized carbons (Fsp3) is 0.500. The molecule has 0 bridgehead atoms. The van der Waals surface area contributed by atoms with E-state index < -0.39 is 0 Å². The Balaban J connectivity index is 1.69. The molecule has 1 aliphatic rings. The fourth-order valence-corrected chi connectivity index (χ4v) is 2.40. The zero-order valence-electron chi connectivity index (χ0n) is 12.5. The van der Waals surface area contributed by atoms with Gasteiger partial charge in [-0.15, -0.1) is 0 Å². The van der Waals surface area contributed by atoms with Crippen molar-refractivity contribution in [3.8, 4) is 0 Å². The summed E-state index contributed by atoms with van der Waals surface area (Å²) >= 11 is 0. The van der Waals surface area contributed by atoms with Crippen LogP contribution < -0.4 is 5.32 Å². The average Bonchev–Trinajstić information content (AvgIpc) is 3.04. The maximum absolute atomic E-state index is 12.0. The van der Waals surface area contributed by atoms with E-state index in [0.717, 1.165) is 19.6 Å². The zero-order valence-corrected chi connectivity index (χ0v) is 12.5. The first-order valence-corrected chi connectivity index (χ1v) is 7.46. The molecule has 0 aromatic heterocycles. The highest BCUT2D eigenvalue weighted by Gasteiger charge is 2.15. The lowest BCUT2D eigenvalue weighted by molar-refractivity contribution is -0.128. The van der Waals surface area contributed by atoms with Crippen LogP contribution in [0, 0.1) is 0 Å². The second-order valence-corrected chi connectivity index (χ2v) is 5.41. The van der Waals surface area contributed by atoms with Crippen LogP contribution in [-0.4, -0.2) is 61.4 Å². The molecule has 0 radical (unpaired) electrons. The van der Waals surface area contributed by atoms with Gasteiger partial charge in [-0.1, -0.05) is 18.2 Å². The van der Waals surface area contributed by atoms with Gasteiger partial charge in [-0.25, -0.2) is 0 Å². The average molecular weight is 289 g/mol. The molecule has 21 heavy (non-hydrogen) atoms. The van der Waals surface area contributed by atoms with E-state index in [1.165, 1.54) is 12.8 Å². The Hall–Kier alpha value is -1.88. The smallest absolute Gasteiger partial charge is 0.251 e. The van der Waals surface area contributed by atoms with Crippen LogP contribution in [0.4, 0.5) is 0 Å². The van der Waals surface area contributed by atoms with Crippen LogP contribution in [0.1, 0.15) is 23.2 Å². The van der Waals surface area contributed by atoms with Gasteiger partial charge in [0, 0.05) is 25.7 Å². The number of hydrogen-bond donors (Lipinski definition) is 1.